The van der Waals surface area contributed by atoms with Crippen LogP contribution in [0, 0.1) is 0 Å². The van der Waals surface area contributed by atoms with E-state index in [-0.39, 0.29) is 10.6 Å². The fourth-order valence-electron chi connectivity index (χ4n) is 1.83. The molecular weight excluding hydrogens is 365 g/mol. The molecule has 2 aromatic rings. The molecule has 0 heterocycles. The summed E-state index contributed by atoms with van der Waals surface area (Å²) in [5.74, 6) is 0. The van der Waals surface area contributed by atoms with Crippen molar-refractivity contribution < 1.29 is 30.9 Å². The molecule has 124 valence electrons. The lowest BCUT2D eigenvalue weighted by molar-refractivity contribution is -0.138. The molecule has 0 N–H and O–H groups in total. The molecule has 0 bridgehead atoms. The van der Waals surface area contributed by atoms with Crippen LogP contribution in [-0.4, -0.2) is 0 Å². The lowest BCUT2D eigenvalue weighted by Gasteiger charge is -2.14. The second-order valence-electron chi connectivity index (χ2n) is 4.62. The molecule has 0 aliphatic carbocycles. The lowest BCUT2D eigenvalue weighted by atomic mass is 10.2. The maximum Gasteiger partial charge on any atom is 0.416 e. The Morgan fingerprint density at radius 3 is 1.13 bits per heavy atom. The van der Waals surface area contributed by atoms with Crippen molar-refractivity contribution in [3.8, 4) is 0 Å². The quantitative estimate of drug-likeness (QED) is 0.523. The Morgan fingerprint density at radius 1 is 0.652 bits per heavy atom. The van der Waals surface area contributed by atoms with Crippen molar-refractivity contribution in [2.45, 2.75) is 12.4 Å². The fourth-order valence-corrected chi connectivity index (χ4v) is 3.87. The van der Waals surface area contributed by atoms with Crippen LogP contribution in [0.5, 0.6) is 0 Å². The summed E-state index contributed by atoms with van der Waals surface area (Å²) in [4.78, 5) is 0. The third kappa shape index (κ3) is 3.90. The Hall–Kier alpha value is -1.46. The third-order valence-electron chi connectivity index (χ3n) is 3.05. The van der Waals surface area contributed by atoms with Crippen LogP contribution in [-0.2, 0) is 16.9 Å². The minimum Gasteiger partial charge on any atom is -0.296 e. The van der Waals surface area contributed by atoms with Crippen LogP contribution in [0.15, 0.2) is 48.5 Å². The van der Waals surface area contributed by atoms with E-state index in [0.29, 0.717) is 24.3 Å². The summed E-state index contributed by atoms with van der Waals surface area (Å²) in [5.41, 5.74) is -1.88. The summed E-state index contributed by atoms with van der Waals surface area (Å²) in [7, 11) is 0. The molecule has 0 spiro atoms. The van der Waals surface area contributed by atoms with Gasteiger partial charge in [-0.1, -0.05) is 0 Å². The highest BCUT2D eigenvalue weighted by Gasteiger charge is 2.33. The molecule has 2 rings (SSSR count). The van der Waals surface area contributed by atoms with E-state index in [2.05, 4.69) is 0 Å². The highest BCUT2D eigenvalue weighted by Crippen LogP contribution is 2.49. The van der Waals surface area contributed by atoms with Crippen LogP contribution in [0.1, 0.15) is 11.1 Å². The van der Waals surface area contributed by atoms with Gasteiger partial charge in [0.1, 0.15) is 0 Å². The largest absolute Gasteiger partial charge is 0.416 e. The van der Waals surface area contributed by atoms with Gasteiger partial charge in [-0.2, -0.15) is 26.3 Å². The minimum absolute atomic E-state index is 0.0908. The Balaban J connectivity index is 2.36. The first-order valence-electron chi connectivity index (χ1n) is 6.08. The van der Waals surface area contributed by atoms with Crippen LogP contribution >= 0.6 is 17.7 Å². The zero-order chi connectivity index (χ0) is 17.5. The van der Waals surface area contributed by atoms with Crippen LogP contribution in [0.25, 0.3) is 0 Å². The van der Waals surface area contributed by atoms with Crippen molar-refractivity contribution in [1.29, 1.82) is 0 Å². The smallest absolute Gasteiger partial charge is 0.296 e. The average Bonchev–Trinajstić information content (AvgIpc) is 2.46. The normalized spacial score (nSPS) is 13.2. The lowest BCUT2D eigenvalue weighted by Crippen LogP contribution is -2.15. The van der Waals surface area contributed by atoms with Gasteiger partial charge >= 0.3 is 12.4 Å². The molecule has 0 saturated heterocycles. The van der Waals surface area contributed by atoms with Crippen molar-refractivity contribution in [2.24, 2.45) is 0 Å². The van der Waals surface area contributed by atoms with E-state index < -0.39 is 30.0 Å². The van der Waals surface area contributed by atoms with E-state index in [9.17, 15) is 30.9 Å². The maximum absolute atomic E-state index is 12.5. The van der Waals surface area contributed by atoms with Crippen molar-refractivity contribution in [3.63, 3.8) is 0 Å². The molecule has 1 nitrogen and oxygen atoms in total. The van der Waals surface area contributed by atoms with E-state index in [1.54, 1.807) is 0 Å². The van der Waals surface area contributed by atoms with Crippen LogP contribution < -0.4 is 10.6 Å². The molecule has 0 unspecified atom stereocenters. The highest BCUT2D eigenvalue weighted by molar-refractivity contribution is 8.00. The molecule has 0 aliphatic rings. The Kier molecular flexibility index (Phi) is 4.57. The SMILES string of the molecule is O=P(Cl)(c1ccc(C(F)(F)F)cc1)c1ccc(C(F)(F)F)cc1. The van der Waals surface area contributed by atoms with E-state index in [1.807, 2.05) is 0 Å². The molecule has 0 aliphatic heterocycles. The molecule has 0 aromatic heterocycles. The Labute approximate surface area is 132 Å². The summed E-state index contributed by atoms with van der Waals surface area (Å²) >= 11 is 5.91. The van der Waals surface area contributed by atoms with E-state index in [0.717, 1.165) is 24.3 Å². The molecule has 23 heavy (non-hydrogen) atoms. The number of hydrogen-bond donors (Lipinski definition) is 0. The number of hydrogen-bond acceptors (Lipinski definition) is 1. The van der Waals surface area contributed by atoms with Crippen molar-refractivity contribution in [2.75, 3.05) is 0 Å². The van der Waals surface area contributed by atoms with Crippen molar-refractivity contribution in [3.05, 3.63) is 59.7 Å². The number of benzene rings is 2. The first-order valence-corrected chi connectivity index (χ1v) is 8.69. The van der Waals surface area contributed by atoms with Gasteiger partial charge in [0.15, 0.2) is 0 Å². The van der Waals surface area contributed by atoms with Crippen LogP contribution in [0.2, 0.25) is 0 Å². The van der Waals surface area contributed by atoms with Gasteiger partial charge in [0, 0.05) is 10.6 Å². The van der Waals surface area contributed by atoms with Crippen molar-refractivity contribution >= 4 is 28.3 Å². The van der Waals surface area contributed by atoms with Crippen LogP contribution in [0.4, 0.5) is 26.3 Å². The average molecular weight is 373 g/mol. The summed E-state index contributed by atoms with van der Waals surface area (Å²) in [5, 5.41) is -0.182. The highest BCUT2D eigenvalue weighted by atomic mass is 35.7. The summed E-state index contributed by atoms with van der Waals surface area (Å²) in [6.45, 7) is -3.80. The van der Waals surface area contributed by atoms with Gasteiger partial charge in [0.2, 0.25) is 6.49 Å². The fraction of sp³-hybridized carbons (Fsp3) is 0.143. The molecule has 0 amide bonds. The predicted octanol–water partition coefficient (Wildman–Crippen LogP) is 5.19. The Bertz CT molecular complexity index is 672. The second-order valence-corrected chi connectivity index (χ2v) is 8.15. The molecule has 0 fully saturated rings. The minimum atomic E-state index is -4.55. The molecule has 0 radical (unpaired) electrons. The van der Waals surface area contributed by atoms with Gasteiger partial charge in [-0.25, -0.2) is 0 Å². The molecular formula is C14H8ClF6OP. The van der Waals surface area contributed by atoms with Gasteiger partial charge < -0.3 is 0 Å². The van der Waals surface area contributed by atoms with E-state index >= 15 is 0 Å². The first-order chi connectivity index (χ1) is 10.4. The topological polar surface area (TPSA) is 17.1 Å². The second kappa shape index (κ2) is 5.87. The number of alkyl halides is 6. The number of halogens is 7. The summed E-state index contributed by atoms with van der Waals surface area (Å²) in [6, 6.07) is 6.68. The van der Waals surface area contributed by atoms with Gasteiger partial charge in [-0.05, 0) is 59.8 Å². The third-order valence-corrected chi connectivity index (χ3v) is 6.15. The zero-order valence-corrected chi connectivity index (χ0v) is 12.8. The molecule has 0 saturated carbocycles. The Morgan fingerprint density at radius 2 is 0.913 bits per heavy atom. The molecule has 2 aromatic carbocycles. The monoisotopic (exact) mass is 372 g/mol. The zero-order valence-electron chi connectivity index (χ0n) is 11.1. The van der Waals surface area contributed by atoms with Gasteiger partial charge in [-0.3, -0.25) is 4.57 Å². The molecule has 9 heteroatoms. The van der Waals surface area contributed by atoms with Gasteiger partial charge in [-0.15, -0.1) is 0 Å². The predicted molar refractivity (Wildman–Crippen MR) is 75.6 cm³/mol. The molecule has 0 atom stereocenters. The van der Waals surface area contributed by atoms with Gasteiger partial charge in [0.25, 0.3) is 0 Å². The van der Waals surface area contributed by atoms with Gasteiger partial charge in [0.05, 0.1) is 11.1 Å². The summed E-state index contributed by atoms with van der Waals surface area (Å²) < 4.78 is 87.5. The van der Waals surface area contributed by atoms with E-state index in [1.165, 1.54) is 0 Å². The van der Waals surface area contributed by atoms with Crippen LogP contribution in [0.3, 0.4) is 0 Å². The van der Waals surface area contributed by atoms with Crippen molar-refractivity contribution in [1.82, 2.24) is 0 Å². The first kappa shape index (κ1) is 17.9. The summed E-state index contributed by atoms with van der Waals surface area (Å²) in [6.07, 6.45) is -9.10. The van der Waals surface area contributed by atoms with E-state index in [4.69, 9.17) is 11.2 Å². The number of rotatable bonds is 2. The maximum atomic E-state index is 12.5. The standard InChI is InChI=1S/C14H8ClF6OP/c15-23(22,11-5-1-9(2-6-11)13(16,17)18)12-7-3-10(4-8-12)14(19,20)21/h1-8H.